The number of hydrogen-bond acceptors (Lipinski definition) is 4. The summed E-state index contributed by atoms with van der Waals surface area (Å²) in [6.07, 6.45) is 1.09. The second-order valence-corrected chi connectivity index (χ2v) is 4.38. The van der Waals surface area contributed by atoms with E-state index in [9.17, 15) is 9.18 Å². The van der Waals surface area contributed by atoms with E-state index in [2.05, 4.69) is 5.43 Å². The van der Waals surface area contributed by atoms with Crippen LogP contribution >= 0.6 is 0 Å². The zero-order valence-electron chi connectivity index (χ0n) is 11.3. The van der Waals surface area contributed by atoms with E-state index in [1.165, 1.54) is 13.2 Å². The van der Waals surface area contributed by atoms with Crippen LogP contribution in [-0.4, -0.2) is 31.5 Å². The van der Waals surface area contributed by atoms with Crippen LogP contribution in [0.15, 0.2) is 18.2 Å². The van der Waals surface area contributed by atoms with Crippen LogP contribution in [0.4, 0.5) is 4.39 Å². The second kappa shape index (κ2) is 7.70. The summed E-state index contributed by atoms with van der Waals surface area (Å²) in [6, 6.07) is 4.90. The van der Waals surface area contributed by atoms with Crippen molar-refractivity contribution in [3.05, 3.63) is 29.6 Å². The Morgan fingerprint density at radius 2 is 2.26 bits per heavy atom. The molecule has 0 saturated carbocycles. The molecule has 0 unspecified atom stereocenters. The Bertz CT molecular complexity index is 426. The van der Waals surface area contributed by atoms with E-state index in [1.54, 1.807) is 6.07 Å². The lowest BCUT2D eigenvalue weighted by molar-refractivity contribution is -0.121. The monoisotopic (exact) mass is 269 g/mol. The maximum Gasteiger partial charge on any atom is 0.233 e. The molecule has 0 radical (unpaired) electrons. The van der Waals surface area contributed by atoms with E-state index >= 15 is 0 Å². The standard InChI is InChI=1S/C13H20FN3O2/c1-17(7-3-4-13(18)16-15)9-10-5-6-12(19-2)11(14)8-10/h5-6,8H,3-4,7,9,15H2,1-2H3,(H,16,18). The van der Waals surface area contributed by atoms with Gasteiger partial charge in [-0.15, -0.1) is 0 Å². The number of nitrogens with one attached hydrogen (secondary N) is 1. The van der Waals surface area contributed by atoms with Gasteiger partial charge in [0.2, 0.25) is 5.91 Å². The second-order valence-electron chi connectivity index (χ2n) is 4.38. The number of hydrazine groups is 1. The van der Waals surface area contributed by atoms with Gasteiger partial charge in [0.1, 0.15) is 0 Å². The molecule has 3 N–H and O–H groups in total. The number of halogens is 1. The minimum Gasteiger partial charge on any atom is -0.494 e. The van der Waals surface area contributed by atoms with E-state index in [0.717, 1.165) is 12.1 Å². The minimum absolute atomic E-state index is 0.177. The first kappa shape index (κ1) is 15.4. The molecule has 1 aromatic carbocycles. The summed E-state index contributed by atoms with van der Waals surface area (Å²) >= 11 is 0. The van der Waals surface area contributed by atoms with Crippen LogP contribution < -0.4 is 16.0 Å². The van der Waals surface area contributed by atoms with Crippen molar-refractivity contribution < 1.29 is 13.9 Å². The van der Waals surface area contributed by atoms with Gasteiger partial charge in [-0.1, -0.05) is 6.07 Å². The number of carbonyl (C=O) groups is 1. The van der Waals surface area contributed by atoms with Crippen LogP contribution in [0.1, 0.15) is 18.4 Å². The van der Waals surface area contributed by atoms with Gasteiger partial charge in [0.15, 0.2) is 11.6 Å². The molecule has 0 aliphatic rings. The third kappa shape index (κ3) is 5.23. The van der Waals surface area contributed by atoms with Crippen LogP contribution in [0, 0.1) is 5.82 Å². The van der Waals surface area contributed by atoms with Crippen molar-refractivity contribution >= 4 is 5.91 Å². The molecule has 0 bridgehead atoms. The molecular weight excluding hydrogens is 249 g/mol. The predicted molar refractivity (Wildman–Crippen MR) is 70.9 cm³/mol. The van der Waals surface area contributed by atoms with Gasteiger partial charge in [-0.25, -0.2) is 10.2 Å². The molecule has 106 valence electrons. The van der Waals surface area contributed by atoms with Gasteiger partial charge < -0.3 is 9.64 Å². The summed E-state index contributed by atoms with van der Waals surface area (Å²) in [6.45, 7) is 1.35. The first-order chi connectivity index (χ1) is 9.06. The number of nitrogens with two attached hydrogens (primary N) is 1. The van der Waals surface area contributed by atoms with Crippen molar-refractivity contribution in [1.82, 2.24) is 10.3 Å². The van der Waals surface area contributed by atoms with Crippen LogP contribution in [0.2, 0.25) is 0 Å². The summed E-state index contributed by atoms with van der Waals surface area (Å²) in [5.41, 5.74) is 2.95. The van der Waals surface area contributed by atoms with Gasteiger partial charge >= 0.3 is 0 Å². The van der Waals surface area contributed by atoms with E-state index < -0.39 is 0 Å². The molecule has 0 atom stereocenters. The molecule has 0 saturated heterocycles. The summed E-state index contributed by atoms with van der Waals surface area (Å²) in [5.74, 6) is 4.69. The fraction of sp³-hybridized carbons (Fsp3) is 0.462. The van der Waals surface area contributed by atoms with Crippen LogP contribution in [0.25, 0.3) is 0 Å². The molecule has 0 spiro atoms. The predicted octanol–water partition coefficient (Wildman–Crippen LogP) is 1.04. The zero-order valence-corrected chi connectivity index (χ0v) is 11.3. The number of rotatable bonds is 7. The van der Waals surface area contributed by atoms with Crippen molar-refractivity contribution in [3.8, 4) is 5.75 Å². The molecule has 6 heteroatoms. The highest BCUT2D eigenvalue weighted by Crippen LogP contribution is 2.18. The minimum atomic E-state index is -0.365. The normalized spacial score (nSPS) is 10.6. The van der Waals surface area contributed by atoms with Gasteiger partial charge in [0.25, 0.3) is 0 Å². The number of methoxy groups -OCH3 is 1. The molecule has 1 aromatic rings. The Morgan fingerprint density at radius 1 is 1.53 bits per heavy atom. The highest BCUT2D eigenvalue weighted by Gasteiger charge is 2.06. The Hall–Kier alpha value is -1.66. The van der Waals surface area contributed by atoms with E-state index in [-0.39, 0.29) is 17.5 Å². The van der Waals surface area contributed by atoms with Gasteiger partial charge in [-0.2, -0.15) is 0 Å². The van der Waals surface area contributed by atoms with Crippen molar-refractivity contribution in [2.75, 3.05) is 20.7 Å². The summed E-state index contributed by atoms with van der Waals surface area (Å²) in [4.78, 5) is 13.0. The molecule has 1 rings (SSSR count). The molecule has 0 heterocycles. The summed E-state index contributed by atoms with van der Waals surface area (Å²) in [7, 11) is 3.36. The third-order valence-corrected chi connectivity index (χ3v) is 2.77. The van der Waals surface area contributed by atoms with Crippen LogP contribution in [-0.2, 0) is 11.3 Å². The number of carbonyl (C=O) groups excluding carboxylic acids is 1. The maximum absolute atomic E-state index is 13.5. The zero-order chi connectivity index (χ0) is 14.3. The largest absolute Gasteiger partial charge is 0.494 e. The Morgan fingerprint density at radius 3 is 2.84 bits per heavy atom. The van der Waals surface area contributed by atoms with Gasteiger partial charge in [0, 0.05) is 13.0 Å². The molecule has 5 nitrogen and oxygen atoms in total. The van der Waals surface area contributed by atoms with Crippen molar-refractivity contribution in [2.45, 2.75) is 19.4 Å². The number of benzene rings is 1. The molecule has 1 amide bonds. The van der Waals surface area contributed by atoms with Gasteiger partial charge in [0.05, 0.1) is 7.11 Å². The van der Waals surface area contributed by atoms with Gasteiger partial charge in [-0.05, 0) is 37.7 Å². The Kier molecular flexibility index (Phi) is 6.24. The number of amides is 1. The van der Waals surface area contributed by atoms with Crippen LogP contribution in [0.5, 0.6) is 5.75 Å². The van der Waals surface area contributed by atoms with E-state index in [0.29, 0.717) is 19.4 Å². The molecule has 0 aliphatic heterocycles. The third-order valence-electron chi connectivity index (χ3n) is 2.77. The van der Waals surface area contributed by atoms with E-state index in [4.69, 9.17) is 10.6 Å². The van der Waals surface area contributed by atoms with E-state index in [1.807, 2.05) is 18.0 Å². The van der Waals surface area contributed by atoms with Crippen molar-refractivity contribution in [3.63, 3.8) is 0 Å². The summed E-state index contributed by atoms with van der Waals surface area (Å²) < 4.78 is 18.4. The Labute approximate surface area is 112 Å². The van der Waals surface area contributed by atoms with Gasteiger partial charge in [-0.3, -0.25) is 10.2 Å². The lowest BCUT2D eigenvalue weighted by atomic mass is 10.2. The molecule has 0 aliphatic carbocycles. The number of ether oxygens (including phenoxy) is 1. The Balaban J connectivity index is 2.41. The number of hydrogen-bond donors (Lipinski definition) is 2. The average molecular weight is 269 g/mol. The number of nitrogens with zero attached hydrogens (tertiary/aromatic N) is 1. The average Bonchev–Trinajstić information content (AvgIpc) is 2.38. The fourth-order valence-electron chi connectivity index (χ4n) is 1.78. The van der Waals surface area contributed by atoms with Crippen LogP contribution in [0.3, 0.4) is 0 Å². The lowest BCUT2D eigenvalue weighted by Gasteiger charge is -2.16. The quantitative estimate of drug-likeness (QED) is 0.441. The molecule has 0 aromatic heterocycles. The molecule has 0 fully saturated rings. The topological polar surface area (TPSA) is 67.6 Å². The van der Waals surface area contributed by atoms with Crippen molar-refractivity contribution in [2.24, 2.45) is 5.84 Å². The molecule has 19 heavy (non-hydrogen) atoms. The smallest absolute Gasteiger partial charge is 0.233 e. The van der Waals surface area contributed by atoms with Crippen molar-refractivity contribution in [1.29, 1.82) is 0 Å². The molecular formula is C13H20FN3O2. The first-order valence-corrected chi connectivity index (χ1v) is 6.07. The highest BCUT2D eigenvalue weighted by molar-refractivity contribution is 5.75. The first-order valence-electron chi connectivity index (χ1n) is 6.07. The highest BCUT2D eigenvalue weighted by atomic mass is 19.1. The maximum atomic E-state index is 13.5. The summed E-state index contributed by atoms with van der Waals surface area (Å²) in [5, 5.41) is 0. The fourth-order valence-corrected chi connectivity index (χ4v) is 1.78. The SMILES string of the molecule is COc1ccc(CN(C)CCCC(=O)NN)cc1F. The lowest BCUT2D eigenvalue weighted by Crippen LogP contribution is -2.30.